The molecule has 1 atom stereocenters. The van der Waals surface area contributed by atoms with Gasteiger partial charge < -0.3 is 29.9 Å². The van der Waals surface area contributed by atoms with Crippen molar-refractivity contribution in [2.45, 2.75) is 25.9 Å². The summed E-state index contributed by atoms with van der Waals surface area (Å²) in [7, 11) is 0. The highest BCUT2D eigenvalue weighted by Crippen LogP contribution is 2.36. The third-order valence-corrected chi connectivity index (χ3v) is 5.01. The molecule has 3 heterocycles. The number of oxazole rings is 1. The number of ether oxygens (including phenoxy) is 1. The van der Waals surface area contributed by atoms with Crippen LogP contribution in [-0.2, 0) is 11.3 Å². The Morgan fingerprint density at radius 3 is 2.97 bits per heavy atom. The number of nitrogen functional groups attached to an aromatic ring is 1. The molecule has 0 amide bonds. The van der Waals surface area contributed by atoms with Crippen LogP contribution in [0.5, 0.6) is 5.75 Å². The van der Waals surface area contributed by atoms with Gasteiger partial charge in [0.2, 0.25) is 0 Å². The van der Waals surface area contributed by atoms with Crippen molar-refractivity contribution in [3.8, 4) is 17.1 Å². The number of nitrogens with one attached hydrogen (secondary N) is 1. The van der Waals surface area contributed by atoms with Gasteiger partial charge in [0.15, 0.2) is 5.58 Å². The summed E-state index contributed by atoms with van der Waals surface area (Å²) in [4.78, 5) is 20.2. The fourth-order valence-electron chi connectivity index (χ4n) is 3.66. The van der Waals surface area contributed by atoms with Crippen molar-refractivity contribution in [1.29, 1.82) is 0 Å². The van der Waals surface area contributed by atoms with E-state index in [0.29, 0.717) is 29.1 Å². The molecule has 1 aliphatic rings. The minimum Gasteiger partial charge on any atom is -0.491 e. The fraction of sp³-hybridized carbons (Fsp3) is 0.250. The molecule has 1 unspecified atom stereocenters. The Bertz CT molecular complexity index is 1260. The number of hydrogen-bond donors (Lipinski definition) is 3. The molecule has 29 heavy (non-hydrogen) atoms. The molecule has 0 saturated carbocycles. The fourth-order valence-corrected chi connectivity index (χ4v) is 3.66. The van der Waals surface area contributed by atoms with Gasteiger partial charge in [-0.05, 0) is 37.6 Å². The number of carboxylic acids is 1. The van der Waals surface area contributed by atoms with Crippen LogP contribution in [0.1, 0.15) is 13.3 Å². The number of aromatic nitrogens is 3. The van der Waals surface area contributed by atoms with E-state index in [4.69, 9.17) is 19.9 Å². The van der Waals surface area contributed by atoms with Gasteiger partial charge in [-0.25, -0.2) is 4.98 Å². The molecular weight excluding hydrogens is 374 g/mol. The van der Waals surface area contributed by atoms with E-state index in [1.54, 1.807) is 6.92 Å². The molecule has 4 N–H and O–H groups in total. The zero-order valence-corrected chi connectivity index (χ0v) is 15.7. The highest BCUT2D eigenvalue weighted by atomic mass is 16.5. The number of aliphatic carboxylic acids is 1. The predicted molar refractivity (Wildman–Crippen MR) is 108 cm³/mol. The zero-order valence-electron chi connectivity index (χ0n) is 15.7. The van der Waals surface area contributed by atoms with Gasteiger partial charge in [-0.2, -0.15) is 4.98 Å². The Hall–Kier alpha value is -3.75. The first kappa shape index (κ1) is 17.4. The standard InChI is InChI=1S/C20H19N5O4/c1-10(19(26)27)22-12-8-14-17-16(9-12)28-6-2-5-25(17)18(23-14)11-3-4-15-13(7-11)24-20(21)29-15/h3-4,7-10,22H,2,5-6H2,1H3,(H2,21,24)(H,26,27). The number of rotatable bonds is 4. The number of anilines is 2. The molecule has 1 aliphatic heterocycles. The van der Waals surface area contributed by atoms with E-state index in [1.807, 2.05) is 30.3 Å². The van der Waals surface area contributed by atoms with Crippen LogP contribution in [0.3, 0.4) is 0 Å². The number of imidazole rings is 1. The first-order valence-electron chi connectivity index (χ1n) is 9.32. The van der Waals surface area contributed by atoms with Gasteiger partial charge in [-0.3, -0.25) is 4.79 Å². The maximum atomic E-state index is 11.2. The Morgan fingerprint density at radius 1 is 1.28 bits per heavy atom. The number of hydrogen-bond acceptors (Lipinski definition) is 7. The third kappa shape index (κ3) is 2.91. The summed E-state index contributed by atoms with van der Waals surface area (Å²) in [5, 5.41) is 12.2. The first-order chi connectivity index (χ1) is 14.0. The highest BCUT2D eigenvalue weighted by molar-refractivity contribution is 5.91. The van der Waals surface area contributed by atoms with Crippen molar-refractivity contribution in [3.63, 3.8) is 0 Å². The second-order valence-corrected chi connectivity index (χ2v) is 7.07. The maximum absolute atomic E-state index is 11.2. The van der Waals surface area contributed by atoms with Gasteiger partial charge in [-0.15, -0.1) is 0 Å². The lowest BCUT2D eigenvalue weighted by Crippen LogP contribution is -2.25. The molecule has 9 nitrogen and oxygen atoms in total. The summed E-state index contributed by atoms with van der Waals surface area (Å²) in [6.07, 6.45) is 0.834. The van der Waals surface area contributed by atoms with Crippen molar-refractivity contribution in [1.82, 2.24) is 14.5 Å². The van der Waals surface area contributed by atoms with Crippen molar-refractivity contribution in [2.75, 3.05) is 17.7 Å². The van der Waals surface area contributed by atoms with E-state index in [2.05, 4.69) is 14.9 Å². The van der Waals surface area contributed by atoms with Crippen LogP contribution in [0.2, 0.25) is 0 Å². The molecule has 2 aromatic heterocycles. The van der Waals surface area contributed by atoms with Crippen LogP contribution >= 0.6 is 0 Å². The Kier molecular flexibility index (Phi) is 3.83. The molecular formula is C20H19N5O4. The summed E-state index contributed by atoms with van der Waals surface area (Å²) in [5.74, 6) is 0.549. The minimum absolute atomic E-state index is 0.127. The average Bonchev–Trinajstić information content (AvgIpc) is 3.15. The van der Waals surface area contributed by atoms with Crippen LogP contribution in [0, 0.1) is 0 Å². The number of carboxylic acid groups (broad SMARTS) is 1. The minimum atomic E-state index is -0.928. The first-order valence-corrected chi connectivity index (χ1v) is 9.32. The number of nitrogens with two attached hydrogens (primary N) is 1. The van der Waals surface area contributed by atoms with E-state index in [1.165, 1.54) is 0 Å². The van der Waals surface area contributed by atoms with Crippen LogP contribution in [0.15, 0.2) is 34.7 Å². The quantitative estimate of drug-likeness (QED) is 0.482. The largest absolute Gasteiger partial charge is 0.491 e. The summed E-state index contributed by atoms with van der Waals surface area (Å²) in [6.45, 7) is 2.93. The van der Waals surface area contributed by atoms with Crippen molar-refractivity contribution >= 4 is 39.8 Å². The molecule has 0 radical (unpaired) electrons. The number of fused-ring (bicyclic) bond motifs is 1. The summed E-state index contributed by atoms with van der Waals surface area (Å²) >= 11 is 0. The molecule has 148 valence electrons. The SMILES string of the molecule is CC(Nc1cc2c3c(c1)nc(-c1ccc4oc(N)nc4c1)n3CCCO2)C(=O)O. The van der Waals surface area contributed by atoms with Gasteiger partial charge in [0.1, 0.15) is 28.6 Å². The third-order valence-electron chi connectivity index (χ3n) is 5.01. The van der Waals surface area contributed by atoms with E-state index in [-0.39, 0.29) is 6.01 Å². The molecule has 0 aliphatic carbocycles. The van der Waals surface area contributed by atoms with Crippen molar-refractivity contribution in [3.05, 3.63) is 30.3 Å². The summed E-state index contributed by atoms with van der Waals surface area (Å²) in [5.41, 5.74) is 10.1. The normalized spacial score (nSPS) is 14.5. The van der Waals surface area contributed by atoms with Gasteiger partial charge in [-0.1, -0.05) is 0 Å². The molecule has 5 rings (SSSR count). The van der Waals surface area contributed by atoms with Crippen molar-refractivity contribution in [2.24, 2.45) is 0 Å². The summed E-state index contributed by atoms with van der Waals surface area (Å²) in [6, 6.07) is 8.73. The van der Waals surface area contributed by atoms with E-state index < -0.39 is 12.0 Å². The number of nitrogens with zero attached hydrogens (tertiary/aromatic N) is 3. The smallest absolute Gasteiger partial charge is 0.325 e. The molecule has 0 bridgehead atoms. The van der Waals surface area contributed by atoms with Crippen molar-refractivity contribution < 1.29 is 19.1 Å². The molecule has 4 aromatic rings. The lowest BCUT2D eigenvalue weighted by molar-refractivity contribution is -0.137. The molecule has 0 spiro atoms. The maximum Gasteiger partial charge on any atom is 0.325 e. The monoisotopic (exact) mass is 393 g/mol. The predicted octanol–water partition coefficient (Wildman–Crippen LogP) is 3.09. The molecule has 2 aromatic carbocycles. The van der Waals surface area contributed by atoms with Crippen LogP contribution in [0.4, 0.5) is 11.7 Å². The topological polar surface area (TPSA) is 128 Å². The molecule has 0 fully saturated rings. The van der Waals surface area contributed by atoms with E-state index in [0.717, 1.165) is 35.4 Å². The van der Waals surface area contributed by atoms with E-state index >= 15 is 0 Å². The van der Waals surface area contributed by atoms with Gasteiger partial charge in [0, 0.05) is 23.9 Å². The Morgan fingerprint density at radius 2 is 2.14 bits per heavy atom. The highest BCUT2D eigenvalue weighted by Gasteiger charge is 2.21. The summed E-state index contributed by atoms with van der Waals surface area (Å²) < 4.78 is 13.4. The average molecular weight is 393 g/mol. The lowest BCUT2D eigenvalue weighted by atomic mass is 10.2. The number of aryl methyl sites for hydroxylation is 1. The van der Waals surface area contributed by atoms with E-state index in [9.17, 15) is 9.90 Å². The van der Waals surface area contributed by atoms with Crippen LogP contribution < -0.4 is 15.8 Å². The van der Waals surface area contributed by atoms with Crippen LogP contribution in [-0.4, -0.2) is 38.3 Å². The second kappa shape index (κ2) is 6.40. The molecule has 9 heteroatoms. The van der Waals surface area contributed by atoms with Crippen LogP contribution in [0.25, 0.3) is 33.5 Å². The Labute approximate surface area is 165 Å². The number of carbonyl (C=O) groups is 1. The zero-order chi connectivity index (χ0) is 20.1. The molecule has 0 saturated heterocycles. The van der Waals surface area contributed by atoms with Gasteiger partial charge in [0.05, 0.1) is 12.1 Å². The number of benzene rings is 2. The van der Waals surface area contributed by atoms with Gasteiger partial charge in [0.25, 0.3) is 6.01 Å². The lowest BCUT2D eigenvalue weighted by Gasteiger charge is -2.13. The Balaban J connectivity index is 1.67. The second-order valence-electron chi connectivity index (χ2n) is 7.07. The van der Waals surface area contributed by atoms with Gasteiger partial charge >= 0.3 is 5.97 Å².